The molecule has 0 fully saturated rings. The third kappa shape index (κ3) is 4.56. The largest absolute Gasteiger partial charge is 0.361 e. The van der Waals surface area contributed by atoms with E-state index in [4.69, 9.17) is 0 Å². The zero-order chi connectivity index (χ0) is 22.5. The van der Waals surface area contributed by atoms with Crippen LogP contribution in [0.2, 0.25) is 0 Å². The molecule has 5 aromatic rings. The second-order valence-corrected chi connectivity index (χ2v) is 8.16. The van der Waals surface area contributed by atoms with Crippen molar-refractivity contribution in [3.8, 4) is 17.1 Å². The lowest BCUT2D eigenvalue weighted by Gasteiger charge is -2.10. The maximum Gasteiger partial charge on any atom is 0.250 e. The molecular weight excluding hydrogens is 432 g/mol. The summed E-state index contributed by atoms with van der Waals surface area (Å²) in [6.45, 7) is 0. The van der Waals surface area contributed by atoms with Crippen LogP contribution >= 0.6 is 11.8 Å². The molecule has 2 heterocycles. The number of hydrogen-bond donors (Lipinski definition) is 2. The summed E-state index contributed by atoms with van der Waals surface area (Å²) < 4.78 is 1.96. The fraction of sp³-hybridized carbons (Fsp3) is 0.0400. The number of aromatic amines is 1. The summed E-state index contributed by atoms with van der Waals surface area (Å²) in [5.74, 6) is 0.660. The molecule has 8 heteroatoms. The SMILES string of the molecule is O=C(CSc1nnc(-c2ccccc2)n1-c1ccccc1)N/N=C\c1c[nH]c2ccccc12. The first-order valence-electron chi connectivity index (χ1n) is 10.4. The lowest BCUT2D eigenvalue weighted by atomic mass is 10.2. The molecule has 0 aliphatic rings. The second-order valence-electron chi connectivity index (χ2n) is 7.21. The summed E-state index contributed by atoms with van der Waals surface area (Å²) in [7, 11) is 0. The number of rotatable bonds is 7. The lowest BCUT2D eigenvalue weighted by molar-refractivity contribution is -0.118. The van der Waals surface area contributed by atoms with Crippen molar-refractivity contribution in [1.29, 1.82) is 0 Å². The van der Waals surface area contributed by atoms with Crippen molar-refractivity contribution >= 4 is 34.8 Å². The van der Waals surface area contributed by atoms with Gasteiger partial charge in [-0.05, 0) is 18.2 Å². The topological polar surface area (TPSA) is 88.0 Å². The van der Waals surface area contributed by atoms with Gasteiger partial charge in [0.25, 0.3) is 5.91 Å². The summed E-state index contributed by atoms with van der Waals surface area (Å²) in [6.07, 6.45) is 3.50. The highest BCUT2D eigenvalue weighted by Crippen LogP contribution is 2.27. The molecule has 0 saturated heterocycles. The van der Waals surface area contributed by atoms with Crippen molar-refractivity contribution in [3.05, 3.63) is 96.7 Å². The van der Waals surface area contributed by atoms with Crippen molar-refractivity contribution in [2.75, 3.05) is 5.75 Å². The monoisotopic (exact) mass is 452 g/mol. The number of carbonyl (C=O) groups excluding carboxylic acids is 1. The number of carbonyl (C=O) groups is 1. The summed E-state index contributed by atoms with van der Waals surface area (Å²) in [5.41, 5.74) is 6.41. The fourth-order valence-electron chi connectivity index (χ4n) is 3.48. The van der Waals surface area contributed by atoms with Gasteiger partial charge in [-0.1, -0.05) is 78.5 Å². The molecule has 0 aliphatic heterocycles. The van der Waals surface area contributed by atoms with E-state index in [1.807, 2.05) is 95.7 Å². The van der Waals surface area contributed by atoms with Crippen LogP contribution in [-0.2, 0) is 4.79 Å². The van der Waals surface area contributed by atoms with Crippen LogP contribution in [0.25, 0.3) is 28.0 Å². The Kier molecular flexibility index (Phi) is 5.99. The molecule has 2 N–H and O–H groups in total. The Labute approximate surface area is 194 Å². The van der Waals surface area contributed by atoms with Crippen molar-refractivity contribution in [1.82, 2.24) is 25.2 Å². The average molecular weight is 453 g/mol. The maximum atomic E-state index is 12.4. The van der Waals surface area contributed by atoms with E-state index in [9.17, 15) is 4.79 Å². The van der Waals surface area contributed by atoms with Gasteiger partial charge in [-0.15, -0.1) is 10.2 Å². The normalized spacial score (nSPS) is 11.3. The van der Waals surface area contributed by atoms with Crippen molar-refractivity contribution in [3.63, 3.8) is 0 Å². The summed E-state index contributed by atoms with van der Waals surface area (Å²) in [6, 6.07) is 27.7. The predicted molar refractivity (Wildman–Crippen MR) is 132 cm³/mol. The van der Waals surface area contributed by atoms with Gasteiger partial charge in [0.15, 0.2) is 11.0 Å². The van der Waals surface area contributed by atoms with Crippen LogP contribution in [0.3, 0.4) is 0 Å². The molecule has 0 saturated carbocycles. The van der Waals surface area contributed by atoms with E-state index in [0.29, 0.717) is 5.16 Å². The molecule has 162 valence electrons. The van der Waals surface area contributed by atoms with Crippen LogP contribution < -0.4 is 5.43 Å². The lowest BCUT2D eigenvalue weighted by Crippen LogP contribution is -2.20. The van der Waals surface area contributed by atoms with E-state index in [1.54, 1.807) is 6.21 Å². The average Bonchev–Trinajstić information content (AvgIpc) is 3.48. The van der Waals surface area contributed by atoms with Crippen molar-refractivity contribution < 1.29 is 4.79 Å². The Morgan fingerprint density at radius 3 is 2.52 bits per heavy atom. The molecule has 3 aromatic carbocycles. The maximum absolute atomic E-state index is 12.4. The van der Waals surface area contributed by atoms with E-state index in [2.05, 4.69) is 25.7 Å². The van der Waals surface area contributed by atoms with Gasteiger partial charge in [-0.3, -0.25) is 9.36 Å². The Balaban J connectivity index is 1.30. The number of amides is 1. The zero-order valence-corrected chi connectivity index (χ0v) is 18.4. The van der Waals surface area contributed by atoms with Gasteiger partial charge in [0.1, 0.15) is 0 Å². The van der Waals surface area contributed by atoms with Crippen LogP contribution in [0.4, 0.5) is 0 Å². The second kappa shape index (κ2) is 9.54. The highest BCUT2D eigenvalue weighted by molar-refractivity contribution is 7.99. The third-order valence-corrected chi connectivity index (χ3v) is 5.96. The van der Waals surface area contributed by atoms with Gasteiger partial charge in [0.05, 0.1) is 12.0 Å². The van der Waals surface area contributed by atoms with Gasteiger partial charge in [0.2, 0.25) is 0 Å². The van der Waals surface area contributed by atoms with Gasteiger partial charge in [-0.25, -0.2) is 5.43 Å². The number of nitrogens with one attached hydrogen (secondary N) is 2. The zero-order valence-electron chi connectivity index (χ0n) is 17.6. The van der Waals surface area contributed by atoms with Crippen LogP contribution in [0, 0.1) is 0 Å². The van der Waals surface area contributed by atoms with E-state index >= 15 is 0 Å². The van der Waals surface area contributed by atoms with E-state index in [0.717, 1.165) is 33.5 Å². The number of benzene rings is 3. The molecule has 0 unspecified atom stereocenters. The molecule has 0 bridgehead atoms. The molecule has 0 spiro atoms. The van der Waals surface area contributed by atoms with E-state index in [-0.39, 0.29) is 11.7 Å². The van der Waals surface area contributed by atoms with Crippen LogP contribution in [0.5, 0.6) is 0 Å². The van der Waals surface area contributed by atoms with Gasteiger partial charge < -0.3 is 4.98 Å². The fourth-order valence-corrected chi connectivity index (χ4v) is 4.23. The van der Waals surface area contributed by atoms with E-state index < -0.39 is 0 Å². The number of fused-ring (bicyclic) bond motifs is 1. The van der Waals surface area contributed by atoms with E-state index in [1.165, 1.54) is 11.8 Å². The predicted octanol–water partition coefficient (Wildman–Crippen LogP) is 4.66. The quantitative estimate of drug-likeness (QED) is 0.214. The molecule has 0 aliphatic carbocycles. The smallest absolute Gasteiger partial charge is 0.250 e. The third-order valence-electron chi connectivity index (χ3n) is 5.03. The number of hydrazone groups is 1. The number of aromatic nitrogens is 4. The minimum absolute atomic E-state index is 0.158. The summed E-state index contributed by atoms with van der Waals surface area (Å²) in [4.78, 5) is 15.6. The molecule has 33 heavy (non-hydrogen) atoms. The van der Waals surface area contributed by atoms with Crippen molar-refractivity contribution in [2.45, 2.75) is 5.16 Å². The molecule has 2 aromatic heterocycles. The minimum Gasteiger partial charge on any atom is -0.361 e. The summed E-state index contributed by atoms with van der Waals surface area (Å²) >= 11 is 1.31. The number of hydrogen-bond acceptors (Lipinski definition) is 5. The highest BCUT2D eigenvalue weighted by atomic mass is 32.2. The van der Waals surface area contributed by atoms with Gasteiger partial charge in [0, 0.05) is 33.9 Å². The Hall–Kier alpha value is -4.17. The Morgan fingerprint density at radius 1 is 0.970 bits per heavy atom. The van der Waals surface area contributed by atoms with Crippen LogP contribution in [0.15, 0.2) is 101 Å². The molecule has 0 radical (unpaired) electrons. The van der Waals surface area contributed by atoms with Crippen LogP contribution in [0.1, 0.15) is 5.56 Å². The molecule has 7 nitrogen and oxygen atoms in total. The first-order valence-corrected chi connectivity index (χ1v) is 11.4. The molecule has 1 amide bonds. The molecular formula is C25H20N6OS. The first kappa shape index (κ1) is 20.7. The Bertz CT molecular complexity index is 1410. The molecule has 5 rings (SSSR count). The number of H-pyrrole nitrogens is 1. The number of thioether (sulfide) groups is 1. The number of para-hydroxylation sites is 2. The summed E-state index contributed by atoms with van der Waals surface area (Å²) in [5, 5.41) is 14.5. The highest BCUT2D eigenvalue weighted by Gasteiger charge is 2.17. The van der Waals surface area contributed by atoms with Gasteiger partial charge in [-0.2, -0.15) is 5.10 Å². The first-order chi connectivity index (χ1) is 16.3. The van der Waals surface area contributed by atoms with Gasteiger partial charge >= 0.3 is 0 Å². The van der Waals surface area contributed by atoms with Crippen molar-refractivity contribution in [2.24, 2.45) is 5.10 Å². The molecule has 0 atom stereocenters. The Morgan fingerprint density at radius 2 is 1.70 bits per heavy atom. The standard InChI is InChI=1S/C25H20N6OS/c32-23(28-27-16-19-15-26-22-14-8-7-13-21(19)22)17-33-25-30-29-24(18-9-3-1-4-10-18)31(25)20-11-5-2-6-12-20/h1-16,26H,17H2,(H,28,32)/b27-16-. The van der Waals surface area contributed by atoms with Crippen LogP contribution in [-0.4, -0.2) is 37.6 Å². The number of nitrogens with zero attached hydrogens (tertiary/aromatic N) is 4. The minimum atomic E-state index is -0.222.